The van der Waals surface area contributed by atoms with E-state index in [-0.39, 0.29) is 135 Å². The normalized spacial score (nSPS) is 12.9. The molecule has 2 aromatic heterocycles. The molecule has 0 spiro atoms. The predicted molar refractivity (Wildman–Crippen MR) is 539 cm³/mol. The first kappa shape index (κ1) is 91.0. The quantitative estimate of drug-likeness (QED) is 0.0128. The van der Waals surface area contributed by atoms with E-state index in [0.29, 0.717) is 132 Å². The van der Waals surface area contributed by atoms with Crippen LogP contribution in [0.3, 0.4) is 0 Å². The molecule has 1 aliphatic heterocycles. The number of nitrogen functional groups attached to an aromatic ring is 2. The predicted octanol–water partition coefficient (Wildman–Crippen LogP) is 17.2. The number of fused-ring (bicyclic) bond motifs is 16. The van der Waals surface area contributed by atoms with Crippen LogP contribution in [0.4, 0.5) is 45.5 Å². The SMILES string of the molecule is CC(=O)C(N=Nc1ccc2[nH]c(=O)[nH]c2c1)C(=O)Nc1ccccc1.CC(=O)C(N=Nc1ccc2c(c1)C(=O)NC2=O)C(=O)Nc1ccccc1.Nc1ccc(-c2ccc(N)c3c2C(=O)c2ccccc2C3=O)c2c1C(=O)c1ccccc1C2=O.O=C1c2ccccc2C(=O)c2c(Nc3ccccc3)cccc21.O=c1c2ccccc2c(=O)c2c1ccc1[nH]c3c(ccc4c(=O)c5ccccc5c(=O)c43)[nH]c12. The van der Waals surface area contributed by atoms with Gasteiger partial charge >= 0.3 is 5.69 Å². The van der Waals surface area contributed by atoms with Gasteiger partial charge in [-0.2, -0.15) is 20.5 Å². The van der Waals surface area contributed by atoms with Gasteiger partial charge in [0.2, 0.25) is 12.1 Å². The lowest BCUT2D eigenvalue weighted by molar-refractivity contribution is -0.127. The van der Waals surface area contributed by atoms with Crippen molar-refractivity contribution < 1.29 is 57.5 Å². The molecule has 0 saturated carbocycles. The standard InChI is InChI=1S/C28H14N2O4.C28H16N2O4.C20H13NO2.C18H14N4O4.C17H15N5O3/c31-25-13-5-1-3-7-15(13)27(33)21-17(25)9-11-19-23(21)29-20-12-10-18-22(24(20)30-19)28(34)16-8-4-2-6-14(16)26(18)32;29-19-11-9-13(21-23(19)27(33)17-7-3-1-5-15(17)25(21)31)14-10-12-20(30)24-22(14)26(32)16-6-2-4-8-18(16)28(24)34;22-19-14-9-4-5-10-15(14)20(23)18-16(19)11-6-12-17(18)21-13-7-2-1-3-8-13;1-10(23)15(18(26)19-11-5-3-2-4-6-11)22-21-12-7-8-13-14(9-12)17(25)20-16(13)24;1-10(23)15(16(24)18-11-5-3-2-4-6-11)22-21-12-7-8-13-14(9-12)20-17(25)19-13/h1-12,29-30H;1-12H,29-30H2;1-12,21H;2-9,15H,1H3,(H,19,26)(H,20,24,25);2-9,15H,1H3,(H,18,24)(H2,19,20,25). The Kier molecular flexibility index (Phi) is 24.1. The summed E-state index contributed by atoms with van der Waals surface area (Å²) in [6.45, 7) is 2.52. The molecular formula is C111H72N14O17. The number of nitrogens with two attached hydrogens (primary N) is 2. The number of ketones is 8. The van der Waals surface area contributed by atoms with E-state index in [1.54, 1.807) is 255 Å². The summed E-state index contributed by atoms with van der Waals surface area (Å²) in [5.74, 6) is -4.74. The molecule has 0 saturated heterocycles. The van der Waals surface area contributed by atoms with E-state index >= 15 is 0 Å². The molecule has 0 bridgehead atoms. The minimum atomic E-state index is -1.32. The Morgan fingerprint density at radius 2 is 0.634 bits per heavy atom. The second-order valence-electron chi connectivity index (χ2n) is 33.2. The van der Waals surface area contributed by atoms with Gasteiger partial charge in [-0.05, 0) is 140 Å². The third-order valence-electron chi connectivity index (χ3n) is 24.4. The van der Waals surface area contributed by atoms with Crippen molar-refractivity contribution in [2.45, 2.75) is 25.9 Å². The number of hydrogen-bond donors (Lipinski definition) is 10. The lowest BCUT2D eigenvalue weighted by Crippen LogP contribution is -2.31. The molecule has 17 aromatic carbocycles. The van der Waals surface area contributed by atoms with E-state index in [0.717, 1.165) is 5.69 Å². The van der Waals surface area contributed by atoms with Crippen LogP contribution in [0.5, 0.6) is 0 Å². The molecule has 31 nitrogen and oxygen atoms in total. The number of H-pyrrole nitrogens is 4. The van der Waals surface area contributed by atoms with Crippen molar-refractivity contribution in [3.63, 3.8) is 0 Å². The fraction of sp³-hybridized carbons (Fsp3) is 0.0360. The molecule has 2 atom stereocenters. The van der Waals surface area contributed by atoms with Gasteiger partial charge in [0.1, 0.15) is 0 Å². The molecule has 4 amide bonds. The lowest BCUT2D eigenvalue weighted by atomic mass is 9.76. The van der Waals surface area contributed by atoms with Gasteiger partial charge in [0.05, 0.1) is 88.8 Å². The number of aromatic amines is 4. The maximum absolute atomic E-state index is 13.6. The molecule has 3 aliphatic carbocycles. The second kappa shape index (κ2) is 37.6. The average molecular weight is 1870 g/mol. The molecule has 3 heterocycles. The highest BCUT2D eigenvalue weighted by atomic mass is 16.2. The number of amides is 4. The highest BCUT2D eigenvalue weighted by Gasteiger charge is 2.39. The van der Waals surface area contributed by atoms with Gasteiger partial charge in [0.15, 0.2) is 68.0 Å². The van der Waals surface area contributed by atoms with Crippen LogP contribution < -0.4 is 60.1 Å². The number of hydrogen-bond acceptors (Lipinski definition) is 24. The largest absolute Gasteiger partial charge is 0.398 e. The number of azo groups is 2. The zero-order chi connectivity index (χ0) is 99.2. The summed E-state index contributed by atoms with van der Waals surface area (Å²) in [4.78, 5) is 227. The van der Waals surface area contributed by atoms with E-state index in [2.05, 4.69) is 61.7 Å². The highest BCUT2D eigenvalue weighted by Crippen LogP contribution is 2.44. The second-order valence-corrected chi connectivity index (χ2v) is 33.2. The fourth-order valence-electron chi connectivity index (χ4n) is 17.6. The van der Waals surface area contributed by atoms with Crippen molar-refractivity contribution in [2.75, 3.05) is 27.4 Å². The molecule has 19 aromatic rings. The number of imide groups is 1. The van der Waals surface area contributed by atoms with Gasteiger partial charge in [0.25, 0.3) is 23.6 Å². The summed E-state index contributed by atoms with van der Waals surface area (Å²) in [5, 5.41) is 28.9. The summed E-state index contributed by atoms with van der Waals surface area (Å²) < 4.78 is 0. The molecule has 688 valence electrons. The minimum absolute atomic E-state index is 0.0989. The summed E-state index contributed by atoms with van der Waals surface area (Å²) >= 11 is 0. The van der Waals surface area contributed by atoms with Crippen LogP contribution >= 0.6 is 0 Å². The van der Waals surface area contributed by atoms with Crippen molar-refractivity contribution in [2.24, 2.45) is 20.5 Å². The Morgan fingerprint density at radius 3 is 1.08 bits per heavy atom. The summed E-state index contributed by atoms with van der Waals surface area (Å²) in [6.07, 6.45) is 0. The Hall–Kier alpha value is -20.1. The summed E-state index contributed by atoms with van der Waals surface area (Å²) in [6, 6.07) is 85.6. The van der Waals surface area contributed by atoms with E-state index in [4.69, 9.17) is 11.5 Å². The number of para-hydroxylation sites is 3. The van der Waals surface area contributed by atoms with Crippen molar-refractivity contribution >= 4 is 192 Å². The smallest absolute Gasteiger partial charge is 0.323 e. The maximum Gasteiger partial charge on any atom is 0.323 e. The Bertz CT molecular complexity index is 8860. The fourth-order valence-corrected chi connectivity index (χ4v) is 17.6. The number of aromatic nitrogens is 4. The Balaban J connectivity index is 0.000000114. The number of imidazole rings is 1. The van der Waals surface area contributed by atoms with E-state index in [1.165, 1.54) is 32.0 Å². The first-order valence-corrected chi connectivity index (χ1v) is 44.0. The van der Waals surface area contributed by atoms with Crippen LogP contribution in [0.15, 0.2) is 360 Å². The number of anilines is 6. The molecular weight excluding hydrogens is 1800 g/mol. The van der Waals surface area contributed by atoms with Crippen molar-refractivity contribution in [1.29, 1.82) is 0 Å². The van der Waals surface area contributed by atoms with Gasteiger partial charge < -0.3 is 47.4 Å². The van der Waals surface area contributed by atoms with E-state index in [1.807, 2.05) is 42.5 Å². The van der Waals surface area contributed by atoms with Crippen LogP contribution in [0.25, 0.3) is 87.3 Å². The molecule has 0 radical (unpaired) electrons. The van der Waals surface area contributed by atoms with Crippen LogP contribution in [-0.2, 0) is 19.2 Å². The molecule has 23 rings (SSSR count). The minimum Gasteiger partial charge on any atom is -0.398 e. The number of nitrogens with one attached hydrogen (secondary N) is 8. The maximum atomic E-state index is 13.6. The molecule has 31 heteroatoms. The molecule has 12 N–H and O–H groups in total. The van der Waals surface area contributed by atoms with Crippen LogP contribution in [0, 0.1) is 0 Å². The third-order valence-corrected chi connectivity index (χ3v) is 24.4. The number of nitrogens with zero attached hydrogens (tertiary/aromatic N) is 4. The number of Topliss-reactive ketones (excluding diaryl/α,β-unsaturated/α-hetero) is 2. The average Bonchev–Trinajstić information content (AvgIpc) is 0.788. The highest BCUT2D eigenvalue weighted by molar-refractivity contribution is 6.36. The first-order chi connectivity index (χ1) is 68.7. The Morgan fingerprint density at radius 1 is 0.282 bits per heavy atom. The molecule has 2 unspecified atom stereocenters. The van der Waals surface area contributed by atoms with Crippen molar-refractivity contribution in [3.05, 3.63) is 445 Å². The number of carbonyl (C=O) groups is 12. The van der Waals surface area contributed by atoms with Crippen LogP contribution in [-0.4, -0.2) is 102 Å². The van der Waals surface area contributed by atoms with Crippen molar-refractivity contribution in [3.8, 4) is 11.1 Å². The molecule has 4 aliphatic rings. The van der Waals surface area contributed by atoms with Gasteiger partial charge in [-0.3, -0.25) is 82.0 Å². The van der Waals surface area contributed by atoms with Gasteiger partial charge in [-0.15, -0.1) is 0 Å². The molecule has 0 fully saturated rings. The number of rotatable bonds is 13. The number of carbonyl (C=O) groups excluding carboxylic acids is 12. The van der Waals surface area contributed by atoms with E-state index in [9.17, 15) is 81.5 Å². The Labute approximate surface area is 799 Å². The molecule has 142 heavy (non-hydrogen) atoms. The monoisotopic (exact) mass is 1870 g/mol. The van der Waals surface area contributed by atoms with Crippen molar-refractivity contribution in [1.82, 2.24) is 25.3 Å². The van der Waals surface area contributed by atoms with Crippen LogP contribution in [0.1, 0.15) is 130 Å². The lowest BCUT2D eigenvalue weighted by Gasteiger charge is -2.25. The number of benzene rings is 17. The van der Waals surface area contributed by atoms with E-state index < -0.39 is 47.3 Å². The third kappa shape index (κ3) is 16.9. The van der Waals surface area contributed by atoms with Gasteiger partial charge in [0, 0.05) is 111 Å². The first-order valence-electron chi connectivity index (χ1n) is 44.0. The zero-order valence-corrected chi connectivity index (χ0v) is 74.6. The zero-order valence-electron chi connectivity index (χ0n) is 74.6. The van der Waals surface area contributed by atoms with Gasteiger partial charge in [-0.25, -0.2) is 4.79 Å². The topological polar surface area (TPSA) is 503 Å². The summed E-state index contributed by atoms with van der Waals surface area (Å²) in [7, 11) is 0. The summed E-state index contributed by atoms with van der Waals surface area (Å²) in [5.41, 5.74) is 22.5. The van der Waals surface area contributed by atoms with Crippen LogP contribution in [0.2, 0.25) is 0 Å². The van der Waals surface area contributed by atoms with Gasteiger partial charge in [-0.1, -0.05) is 200 Å².